The van der Waals surface area contributed by atoms with Crippen LogP contribution < -0.4 is 28.3 Å². The second kappa shape index (κ2) is 11.4. The van der Waals surface area contributed by atoms with Gasteiger partial charge in [-0.05, 0) is 19.3 Å². The monoisotopic (exact) mass is 371 g/mol. The van der Waals surface area contributed by atoms with Crippen LogP contribution in [0.3, 0.4) is 0 Å². The summed E-state index contributed by atoms with van der Waals surface area (Å²) in [7, 11) is 0. The van der Waals surface area contributed by atoms with Crippen LogP contribution >= 0.6 is 11.6 Å². The zero-order chi connectivity index (χ0) is 18.7. The van der Waals surface area contributed by atoms with Crippen molar-refractivity contribution in [1.82, 2.24) is 15.3 Å². The largest absolute Gasteiger partial charge is 0.382 e. The van der Waals surface area contributed by atoms with E-state index in [4.69, 9.17) is 28.8 Å². The fourth-order valence-corrected chi connectivity index (χ4v) is 2.32. The first-order chi connectivity index (χ1) is 12.0. The molecule has 1 aromatic heterocycles. The Labute approximate surface area is 152 Å². The highest BCUT2D eigenvalue weighted by atomic mass is 35.5. The molecule has 10 heteroatoms. The molecule has 1 amide bonds. The fraction of sp³-hybridized carbons (Fsp3) is 0.600. The number of guanidine groups is 1. The number of rotatable bonds is 10. The average Bonchev–Trinajstić information content (AvgIpc) is 2.56. The van der Waals surface area contributed by atoms with E-state index < -0.39 is 5.91 Å². The van der Waals surface area contributed by atoms with Crippen LogP contribution in [0.2, 0.25) is 5.15 Å². The molecule has 0 aromatic carbocycles. The maximum absolute atomic E-state index is 12.0. The lowest BCUT2D eigenvalue weighted by Crippen LogP contribution is -2.50. The first-order valence-corrected chi connectivity index (χ1v) is 8.82. The predicted octanol–water partition coefficient (Wildman–Crippen LogP) is 0.312. The quantitative estimate of drug-likeness (QED) is 0.225. The Bertz CT molecular complexity index is 593. The van der Waals surface area contributed by atoms with E-state index in [1.54, 1.807) is 0 Å². The summed E-state index contributed by atoms with van der Waals surface area (Å²) < 4.78 is 0. The van der Waals surface area contributed by atoms with Gasteiger partial charge in [-0.25, -0.2) is 9.97 Å². The number of hydrogen-bond donors (Lipinski definition) is 5. The van der Waals surface area contributed by atoms with E-state index in [1.807, 2.05) is 0 Å². The number of nitrogens with zero attached hydrogens (tertiary/aromatic N) is 3. The number of carbonyl (C=O) groups excluding carboxylic acids is 1. The summed E-state index contributed by atoms with van der Waals surface area (Å²) in [5.74, 6) is -0.775. The van der Waals surface area contributed by atoms with Gasteiger partial charge in [0.15, 0.2) is 28.4 Å². The van der Waals surface area contributed by atoms with Crippen molar-refractivity contribution in [1.29, 1.82) is 0 Å². The molecule has 0 spiro atoms. The van der Waals surface area contributed by atoms with Crippen LogP contribution in [0.1, 0.15) is 55.4 Å². The minimum atomic E-state index is -0.626. The Balaban J connectivity index is 2.31. The number of nitrogen functional groups attached to an aromatic ring is 2. The molecule has 0 aliphatic heterocycles. The van der Waals surface area contributed by atoms with Crippen molar-refractivity contribution in [2.24, 2.45) is 10.7 Å². The van der Waals surface area contributed by atoms with Crippen LogP contribution in [-0.2, 0) is 0 Å². The number of quaternary nitrogens is 1. The minimum Gasteiger partial charge on any atom is -0.382 e. The van der Waals surface area contributed by atoms with Gasteiger partial charge in [-0.1, -0.05) is 37.3 Å². The van der Waals surface area contributed by atoms with Gasteiger partial charge in [0, 0.05) is 6.54 Å². The Morgan fingerprint density at radius 3 is 2.28 bits per heavy atom. The van der Waals surface area contributed by atoms with Gasteiger partial charge in [0.25, 0.3) is 5.91 Å². The van der Waals surface area contributed by atoms with Crippen LogP contribution in [0, 0.1) is 0 Å². The average molecular weight is 372 g/mol. The SMILES string of the molecule is NC(=NCCCCCCCCC[NH3+])NC(=O)c1nc(Cl)c(N)nc1N. The molecule has 0 aliphatic carbocycles. The van der Waals surface area contributed by atoms with Crippen LogP contribution in [0.4, 0.5) is 11.6 Å². The molecule has 0 saturated heterocycles. The number of unbranched alkanes of at least 4 members (excludes halogenated alkanes) is 6. The number of anilines is 2. The van der Waals surface area contributed by atoms with Crippen molar-refractivity contribution in [3.05, 3.63) is 10.8 Å². The lowest BCUT2D eigenvalue weighted by Gasteiger charge is -2.07. The van der Waals surface area contributed by atoms with Crippen LogP contribution in [0.5, 0.6) is 0 Å². The topological polar surface area (TPSA) is 173 Å². The van der Waals surface area contributed by atoms with E-state index in [1.165, 1.54) is 32.1 Å². The highest BCUT2D eigenvalue weighted by Gasteiger charge is 2.16. The second-order valence-electron chi connectivity index (χ2n) is 5.68. The number of aromatic nitrogens is 2. The van der Waals surface area contributed by atoms with E-state index in [0.29, 0.717) is 6.54 Å². The first kappa shape index (κ1) is 20.9. The summed E-state index contributed by atoms with van der Waals surface area (Å²) in [4.78, 5) is 23.7. The molecule has 10 N–H and O–H groups in total. The molecule has 0 fully saturated rings. The molecule has 0 aliphatic rings. The summed E-state index contributed by atoms with van der Waals surface area (Å²) in [5, 5.41) is 2.32. The molecule has 1 aromatic rings. The van der Waals surface area contributed by atoms with Crippen molar-refractivity contribution >= 4 is 35.1 Å². The molecule has 0 unspecified atom stereocenters. The van der Waals surface area contributed by atoms with E-state index in [-0.39, 0.29) is 28.4 Å². The van der Waals surface area contributed by atoms with Gasteiger partial charge in [-0.3, -0.25) is 15.1 Å². The second-order valence-corrected chi connectivity index (χ2v) is 6.04. The van der Waals surface area contributed by atoms with Gasteiger partial charge in [0.05, 0.1) is 6.54 Å². The van der Waals surface area contributed by atoms with E-state index in [2.05, 4.69) is 26.0 Å². The van der Waals surface area contributed by atoms with E-state index in [9.17, 15) is 4.79 Å². The summed E-state index contributed by atoms with van der Waals surface area (Å²) in [6.07, 6.45) is 8.11. The number of nitrogens with one attached hydrogen (secondary N) is 1. The van der Waals surface area contributed by atoms with Crippen LogP contribution in [0.15, 0.2) is 4.99 Å². The smallest absolute Gasteiger partial charge is 0.280 e. The number of amides is 1. The minimum absolute atomic E-state index is 0.00888. The fourth-order valence-electron chi connectivity index (χ4n) is 2.20. The molecule has 0 radical (unpaired) electrons. The molecule has 0 bridgehead atoms. The molecular weight excluding hydrogens is 344 g/mol. The number of aliphatic imine (C=N–C) groups is 1. The summed E-state index contributed by atoms with van der Waals surface area (Å²) in [6, 6.07) is 0. The number of halogens is 1. The predicted molar refractivity (Wildman–Crippen MR) is 99.9 cm³/mol. The maximum Gasteiger partial charge on any atom is 0.280 e. The molecule has 0 saturated carbocycles. The Morgan fingerprint density at radius 1 is 1.04 bits per heavy atom. The Hall–Kier alpha value is -2.13. The summed E-state index contributed by atoms with van der Waals surface area (Å²) in [5.41, 5.74) is 20.5. The van der Waals surface area contributed by atoms with Crippen LogP contribution in [0.25, 0.3) is 0 Å². The van der Waals surface area contributed by atoms with Gasteiger partial charge >= 0.3 is 0 Å². The molecule has 140 valence electrons. The van der Waals surface area contributed by atoms with Gasteiger partial charge in [0.1, 0.15) is 0 Å². The summed E-state index contributed by atoms with van der Waals surface area (Å²) in [6.45, 7) is 1.56. The van der Waals surface area contributed by atoms with Crippen molar-refractivity contribution in [3.63, 3.8) is 0 Å². The van der Waals surface area contributed by atoms with Gasteiger partial charge in [-0.2, -0.15) is 0 Å². The molecule has 25 heavy (non-hydrogen) atoms. The molecule has 9 nitrogen and oxygen atoms in total. The normalized spacial score (nSPS) is 11.5. The molecular formula is C15H28ClN8O+. The maximum atomic E-state index is 12.0. The van der Waals surface area contributed by atoms with Gasteiger partial charge in [0.2, 0.25) is 0 Å². The standard InChI is InChI=1S/C15H27ClN8O/c16-11-13(19)23-12(18)10(22-11)14(25)24-15(20)21-9-7-5-3-1-2-4-6-8-17/h1-9,17H2,(H4,18,19,23)(H3,20,21,24,25)/p+1. The Morgan fingerprint density at radius 2 is 1.64 bits per heavy atom. The van der Waals surface area contributed by atoms with Crippen LogP contribution in [-0.4, -0.2) is 34.9 Å². The van der Waals surface area contributed by atoms with E-state index in [0.717, 1.165) is 19.4 Å². The van der Waals surface area contributed by atoms with Crippen molar-refractivity contribution in [2.45, 2.75) is 44.9 Å². The molecule has 0 atom stereocenters. The molecule has 1 rings (SSSR count). The Kier molecular flexibility index (Phi) is 9.56. The first-order valence-electron chi connectivity index (χ1n) is 8.44. The van der Waals surface area contributed by atoms with E-state index >= 15 is 0 Å². The third-order valence-corrected chi connectivity index (χ3v) is 3.83. The van der Waals surface area contributed by atoms with Crippen molar-refractivity contribution < 1.29 is 10.5 Å². The number of nitrogens with two attached hydrogens (primary N) is 3. The zero-order valence-corrected chi connectivity index (χ0v) is 15.2. The zero-order valence-electron chi connectivity index (χ0n) is 14.4. The molecule has 1 heterocycles. The third kappa shape index (κ3) is 7.99. The number of hydrogen-bond acceptors (Lipinski definition) is 6. The highest BCUT2D eigenvalue weighted by Crippen LogP contribution is 2.17. The van der Waals surface area contributed by atoms with Crippen molar-refractivity contribution in [3.8, 4) is 0 Å². The highest BCUT2D eigenvalue weighted by molar-refractivity contribution is 6.31. The third-order valence-electron chi connectivity index (χ3n) is 3.55. The van der Waals surface area contributed by atoms with Crippen molar-refractivity contribution in [2.75, 3.05) is 24.6 Å². The lowest BCUT2D eigenvalue weighted by atomic mass is 10.1. The lowest BCUT2D eigenvalue weighted by molar-refractivity contribution is -0.368. The van der Waals surface area contributed by atoms with Gasteiger partial charge < -0.3 is 22.9 Å². The van der Waals surface area contributed by atoms with Gasteiger partial charge in [-0.15, -0.1) is 0 Å². The summed E-state index contributed by atoms with van der Waals surface area (Å²) >= 11 is 5.74. The number of carbonyl (C=O) groups is 1.